The van der Waals surface area contributed by atoms with Gasteiger partial charge < -0.3 is 29.8 Å². The zero-order valence-corrected chi connectivity index (χ0v) is 18.0. The molecule has 0 spiro atoms. The molecule has 11 heteroatoms. The number of carbonyl (C=O) groups is 1. The molecule has 170 valence electrons. The van der Waals surface area contributed by atoms with Gasteiger partial charge in [-0.3, -0.25) is 4.79 Å². The van der Waals surface area contributed by atoms with Gasteiger partial charge in [0.15, 0.2) is 11.5 Å². The number of hydrogen-bond acceptors (Lipinski definition) is 8. The van der Waals surface area contributed by atoms with Crippen LogP contribution < -0.4 is 20.3 Å². The van der Waals surface area contributed by atoms with Crippen LogP contribution in [0.15, 0.2) is 24.7 Å². The summed E-state index contributed by atoms with van der Waals surface area (Å²) in [4.78, 5) is 27.8. The number of aliphatic hydroxyl groups excluding tert-OH is 1. The summed E-state index contributed by atoms with van der Waals surface area (Å²) in [5.74, 6) is -0.483. The number of aryl methyl sites for hydroxylation is 1. The van der Waals surface area contributed by atoms with Crippen LogP contribution in [0.3, 0.4) is 0 Å². The van der Waals surface area contributed by atoms with Gasteiger partial charge in [-0.2, -0.15) is 4.98 Å². The molecule has 1 fully saturated rings. The fourth-order valence-electron chi connectivity index (χ4n) is 3.66. The summed E-state index contributed by atoms with van der Waals surface area (Å²) in [5.41, 5.74) is 1.27. The predicted molar refractivity (Wildman–Crippen MR) is 117 cm³/mol. The first kappa shape index (κ1) is 21.9. The van der Waals surface area contributed by atoms with E-state index < -0.39 is 11.7 Å². The number of fused-ring (bicyclic) bond motifs is 1. The molecule has 1 unspecified atom stereocenters. The van der Waals surface area contributed by atoms with Gasteiger partial charge in [0.25, 0.3) is 5.91 Å². The van der Waals surface area contributed by atoms with Crippen molar-refractivity contribution in [2.24, 2.45) is 0 Å². The van der Waals surface area contributed by atoms with Crippen LogP contribution in [0.2, 0.25) is 0 Å². The SMILES string of the molecule is CCOc1nc(N2CCCNC(CO)C2)ncc1C(=O)Nc1cc(F)c2nc(C)cn2c1. The second-order valence-corrected chi connectivity index (χ2v) is 7.60. The van der Waals surface area contributed by atoms with Gasteiger partial charge in [-0.05, 0) is 26.8 Å². The van der Waals surface area contributed by atoms with Crippen molar-refractivity contribution in [2.75, 3.05) is 43.1 Å². The minimum Gasteiger partial charge on any atom is -0.477 e. The first-order valence-corrected chi connectivity index (χ1v) is 10.5. The summed E-state index contributed by atoms with van der Waals surface area (Å²) in [6, 6.07) is 1.13. The molecule has 4 rings (SSSR count). The molecule has 1 saturated heterocycles. The number of ether oxygens (including phenoxy) is 1. The molecule has 0 bridgehead atoms. The van der Waals surface area contributed by atoms with Crippen molar-refractivity contribution < 1.29 is 19.0 Å². The zero-order valence-electron chi connectivity index (χ0n) is 18.0. The molecular weight excluding hydrogens is 417 g/mol. The summed E-state index contributed by atoms with van der Waals surface area (Å²) in [6.07, 6.45) is 5.54. The second kappa shape index (κ2) is 9.45. The smallest absolute Gasteiger partial charge is 0.262 e. The number of amides is 1. The maximum absolute atomic E-state index is 14.4. The molecule has 3 N–H and O–H groups in total. The Morgan fingerprint density at radius 3 is 3.03 bits per heavy atom. The van der Waals surface area contributed by atoms with Gasteiger partial charge in [0.2, 0.25) is 11.8 Å². The number of hydrogen-bond donors (Lipinski definition) is 3. The van der Waals surface area contributed by atoms with Gasteiger partial charge in [-0.1, -0.05) is 0 Å². The summed E-state index contributed by atoms with van der Waals surface area (Å²) in [7, 11) is 0. The standard InChI is InChI=1S/C21H26FN7O3/c1-3-32-20-16(8-24-21(27-20)28-6-4-5-23-15(11-28)12-30)19(31)26-14-7-17(22)18-25-13(2)9-29(18)10-14/h7-10,15,23,30H,3-6,11-12H2,1-2H3,(H,26,31). The molecule has 3 aromatic heterocycles. The highest BCUT2D eigenvalue weighted by molar-refractivity contribution is 6.05. The third-order valence-corrected chi connectivity index (χ3v) is 5.13. The Labute approximate surface area is 184 Å². The lowest BCUT2D eigenvalue weighted by atomic mass is 10.2. The number of aliphatic hydroxyl groups is 1. The van der Waals surface area contributed by atoms with Crippen LogP contribution in [-0.4, -0.2) is 69.3 Å². The van der Waals surface area contributed by atoms with Crippen LogP contribution in [-0.2, 0) is 0 Å². The molecule has 3 aromatic rings. The van der Waals surface area contributed by atoms with Crippen LogP contribution in [0.4, 0.5) is 16.0 Å². The average Bonchev–Trinajstić information content (AvgIpc) is 2.99. The van der Waals surface area contributed by atoms with Gasteiger partial charge in [0, 0.05) is 43.8 Å². The molecule has 0 radical (unpaired) electrons. The van der Waals surface area contributed by atoms with Gasteiger partial charge in [-0.15, -0.1) is 0 Å². The Bertz CT molecular complexity index is 1120. The number of carbonyl (C=O) groups excluding carboxylic acids is 1. The van der Waals surface area contributed by atoms with E-state index in [1.807, 2.05) is 4.90 Å². The van der Waals surface area contributed by atoms with Gasteiger partial charge in [-0.25, -0.2) is 14.4 Å². The number of pyridine rings is 1. The minimum absolute atomic E-state index is 0.00660. The monoisotopic (exact) mass is 443 g/mol. The normalized spacial score (nSPS) is 16.8. The maximum Gasteiger partial charge on any atom is 0.262 e. The van der Waals surface area contributed by atoms with Gasteiger partial charge in [0.1, 0.15) is 5.56 Å². The summed E-state index contributed by atoms with van der Waals surface area (Å²) in [5, 5.41) is 15.5. The molecular formula is C21H26FN7O3. The lowest BCUT2D eigenvalue weighted by molar-refractivity contribution is 0.102. The second-order valence-electron chi connectivity index (χ2n) is 7.60. The Hall–Kier alpha value is -3.31. The molecule has 0 saturated carbocycles. The van der Waals surface area contributed by atoms with Crippen molar-refractivity contribution in [1.29, 1.82) is 0 Å². The van der Waals surface area contributed by atoms with Crippen molar-refractivity contribution in [3.05, 3.63) is 41.7 Å². The topological polar surface area (TPSA) is 117 Å². The summed E-state index contributed by atoms with van der Waals surface area (Å²) in [6.45, 7) is 5.92. The summed E-state index contributed by atoms with van der Waals surface area (Å²) >= 11 is 0. The van der Waals surface area contributed by atoms with Crippen LogP contribution in [0.5, 0.6) is 5.88 Å². The first-order valence-electron chi connectivity index (χ1n) is 10.5. The van der Waals surface area contributed by atoms with E-state index in [4.69, 9.17) is 4.74 Å². The van der Waals surface area contributed by atoms with E-state index in [1.54, 1.807) is 26.2 Å². The van der Waals surface area contributed by atoms with Crippen LogP contribution in [0.25, 0.3) is 5.65 Å². The third kappa shape index (κ3) is 4.63. The largest absolute Gasteiger partial charge is 0.477 e. The molecule has 0 aromatic carbocycles. The number of halogens is 1. The predicted octanol–water partition coefficient (Wildman–Crippen LogP) is 1.38. The Balaban J connectivity index is 1.59. The average molecular weight is 443 g/mol. The summed E-state index contributed by atoms with van der Waals surface area (Å²) < 4.78 is 21.5. The highest BCUT2D eigenvalue weighted by atomic mass is 19.1. The number of aromatic nitrogens is 4. The molecule has 32 heavy (non-hydrogen) atoms. The van der Waals surface area contributed by atoms with E-state index in [0.29, 0.717) is 31.3 Å². The zero-order chi connectivity index (χ0) is 22.7. The van der Waals surface area contributed by atoms with Crippen LogP contribution in [0.1, 0.15) is 29.4 Å². The maximum atomic E-state index is 14.4. The first-order chi connectivity index (χ1) is 15.5. The lowest BCUT2D eigenvalue weighted by Gasteiger charge is -2.24. The Kier molecular flexibility index (Phi) is 6.47. The van der Waals surface area contributed by atoms with E-state index in [-0.39, 0.29) is 35.4 Å². The molecule has 1 amide bonds. The van der Waals surface area contributed by atoms with Gasteiger partial charge in [0.05, 0.1) is 24.6 Å². The van der Waals surface area contributed by atoms with Gasteiger partial charge >= 0.3 is 0 Å². The molecule has 10 nitrogen and oxygen atoms in total. The third-order valence-electron chi connectivity index (χ3n) is 5.13. The quantitative estimate of drug-likeness (QED) is 0.523. The molecule has 1 aliphatic heterocycles. The van der Waals surface area contributed by atoms with E-state index in [0.717, 1.165) is 13.0 Å². The fourth-order valence-corrected chi connectivity index (χ4v) is 3.66. The number of nitrogens with one attached hydrogen (secondary N) is 2. The molecule has 0 aliphatic carbocycles. The van der Waals surface area contributed by atoms with Crippen molar-refractivity contribution >= 4 is 23.2 Å². The minimum atomic E-state index is -0.541. The number of anilines is 2. The van der Waals surface area contributed by atoms with Crippen molar-refractivity contribution in [1.82, 2.24) is 24.7 Å². The number of imidazole rings is 1. The number of rotatable bonds is 6. The van der Waals surface area contributed by atoms with E-state index in [2.05, 4.69) is 25.6 Å². The van der Waals surface area contributed by atoms with E-state index >= 15 is 0 Å². The molecule has 1 aliphatic rings. The highest BCUT2D eigenvalue weighted by Crippen LogP contribution is 2.22. The van der Waals surface area contributed by atoms with Crippen LogP contribution >= 0.6 is 0 Å². The van der Waals surface area contributed by atoms with Crippen molar-refractivity contribution in [3.8, 4) is 5.88 Å². The van der Waals surface area contributed by atoms with Crippen molar-refractivity contribution in [3.63, 3.8) is 0 Å². The van der Waals surface area contributed by atoms with Crippen LogP contribution in [0, 0.1) is 12.7 Å². The Morgan fingerprint density at radius 2 is 2.25 bits per heavy atom. The van der Waals surface area contributed by atoms with E-state index in [9.17, 15) is 14.3 Å². The molecule has 4 heterocycles. The fraction of sp³-hybridized carbons (Fsp3) is 0.429. The Morgan fingerprint density at radius 1 is 1.41 bits per heavy atom. The lowest BCUT2D eigenvalue weighted by Crippen LogP contribution is -2.40. The van der Waals surface area contributed by atoms with Crippen molar-refractivity contribution in [2.45, 2.75) is 26.3 Å². The van der Waals surface area contributed by atoms with E-state index in [1.165, 1.54) is 16.7 Å². The molecule has 1 atom stereocenters. The highest BCUT2D eigenvalue weighted by Gasteiger charge is 2.23. The number of nitrogens with zero attached hydrogens (tertiary/aromatic N) is 5.